The van der Waals surface area contributed by atoms with Crippen molar-refractivity contribution in [2.75, 3.05) is 0 Å². The molecule has 0 radical (unpaired) electrons. The van der Waals surface area contributed by atoms with Crippen LogP contribution in [0.2, 0.25) is 0 Å². The van der Waals surface area contributed by atoms with Crippen LogP contribution in [0.15, 0.2) is 54.1 Å². The molecule has 0 fully saturated rings. The Morgan fingerprint density at radius 3 is 2.62 bits per heavy atom. The highest BCUT2D eigenvalue weighted by Crippen LogP contribution is 2.21. The Kier molecular flexibility index (Phi) is 4.94. The van der Waals surface area contributed by atoms with Gasteiger partial charge in [0.1, 0.15) is 6.04 Å². The molecule has 2 aromatic rings. The molecule has 24 heavy (non-hydrogen) atoms. The molecular formula is C20H21NO3. The van der Waals surface area contributed by atoms with Gasteiger partial charge in [-0.2, -0.15) is 0 Å². The summed E-state index contributed by atoms with van der Waals surface area (Å²) in [5.74, 6) is -1.25. The summed E-state index contributed by atoms with van der Waals surface area (Å²) < 4.78 is 0. The Morgan fingerprint density at radius 2 is 1.88 bits per heavy atom. The van der Waals surface area contributed by atoms with Gasteiger partial charge in [-0.1, -0.05) is 48.5 Å². The number of nitrogens with one attached hydrogen (secondary N) is 1. The molecular weight excluding hydrogens is 302 g/mol. The predicted octanol–water partition coefficient (Wildman–Crippen LogP) is 3.45. The maximum atomic E-state index is 12.3. The van der Waals surface area contributed by atoms with Gasteiger partial charge in [0.05, 0.1) is 0 Å². The van der Waals surface area contributed by atoms with Gasteiger partial charge in [0.25, 0.3) is 0 Å². The number of benzene rings is 2. The fourth-order valence-electron chi connectivity index (χ4n) is 3.19. The molecule has 0 saturated heterocycles. The third-order valence-corrected chi connectivity index (χ3v) is 4.49. The minimum atomic E-state index is -1.01. The zero-order valence-corrected chi connectivity index (χ0v) is 13.5. The summed E-state index contributed by atoms with van der Waals surface area (Å²) in [6.07, 6.45) is 5.90. The average Bonchev–Trinajstić information content (AvgIpc) is 2.62. The minimum absolute atomic E-state index is 0.248. The molecule has 2 N–H and O–H groups in total. The van der Waals surface area contributed by atoms with Crippen molar-refractivity contribution in [2.45, 2.75) is 38.1 Å². The predicted molar refractivity (Wildman–Crippen MR) is 93.8 cm³/mol. The van der Waals surface area contributed by atoms with Crippen LogP contribution in [0.4, 0.5) is 0 Å². The van der Waals surface area contributed by atoms with E-state index >= 15 is 0 Å². The van der Waals surface area contributed by atoms with Crippen molar-refractivity contribution in [3.63, 3.8) is 0 Å². The van der Waals surface area contributed by atoms with E-state index in [0.717, 1.165) is 42.0 Å². The fraction of sp³-hybridized carbons (Fsp3) is 0.300. The number of carboxylic acid groups (broad SMARTS) is 1. The van der Waals surface area contributed by atoms with Crippen molar-refractivity contribution in [3.8, 4) is 0 Å². The largest absolute Gasteiger partial charge is 0.480 e. The van der Waals surface area contributed by atoms with E-state index in [0.29, 0.717) is 5.57 Å². The van der Waals surface area contributed by atoms with E-state index in [1.807, 2.05) is 48.5 Å². The summed E-state index contributed by atoms with van der Waals surface area (Å²) in [5.41, 5.74) is 1.64. The number of carbonyl (C=O) groups is 2. The lowest BCUT2D eigenvalue weighted by molar-refractivity contribution is -0.141. The van der Waals surface area contributed by atoms with Crippen LogP contribution >= 0.6 is 0 Å². The van der Waals surface area contributed by atoms with Gasteiger partial charge < -0.3 is 10.4 Å². The van der Waals surface area contributed by atoms with Gasteiger partial charge in [-0.05, 0) is 42.0 Å². The first-order valence-corrected chi connectivity index (χ1v) is 8.34. The Labute approximate surface area is 141 Å². The molecule has 1 aliphatic carbocycles. The van der Waals surface area contributed by atoms with Crippen LogP contribution in [0, 0.1) is 0 Å². The number of carboxylic acids is 1. The molecule has 0 spiro atoms. The van der Waals surface area contributed by atoms with Crippen molar-refractivity contribution < 1.29 is 14.7 Å². The summed E-state index contributed by atoms with van der Waals surface area (Å²) in [5, 5.41) is 14.3. The number of allylic oxidation sites excluding steroid dienone is 1. The van der Waals surface area contributed by atoms with E-state index in [1.165, 1.54) is 0 Å². The third-order valence-electron chi connectivity index (χ3n) is 4.49. The lowest BCUT2D eigenvalue weighted by Gasteiger charge is -2.18. The molecule has 0 heterocycles. The smallest absolute Gasteiger partial charge is 0.326 e. The molecule has 2 aromatic carbocycles. The van der Waals surface area contributed by atoms with E-state index < -0.39 is 12.0 Å². The van der Waals surface area contributed by atoms with Gasteiger partial charge >= 0.3 is 5.97 Å². The summed E-state index contributed by atoms with van der Waals surface area (Å²) in [7, 11) is 0. The summed E-state index contributed by atoms with van der Waals surface area (Å²) in [6.45, 7) is 0. The monoisotopic (exact) mass is 323 g/mol. The lowest BCUT2D eigenvalue weighted by Crippen LogP contribution is -2.43. The second-order valence-electron chi connectivity index (χ2n) is 6.18. The van der Waals surface area contributed by atoms with Gasteiger partial charge in [-0.25, -0.2) is 4.79 Å². The molecule has 0 saturated carbocycles. The maximum Gasteiger partial charge on any atom is 0.326 e. The number of amides is 1. The molecule has 1 atom stereocenters. The molecule has 4 heteroatoms. The van der Waals surface area contributed by atoms with Crippen LogP contribution < -0.4 is 5.32 Å². The Morgan fingerprint density at radius 1 is 1.08 bits per heavy atom. The molecule has 0 aliphatic heterocycles. The molecule has 3 rings (SSSR count). The topological polar surface area (TPSA) is 66.4 Å². The Balaban J connectivity index is 1.80. The van der Waals surface area contributed by atoms with Gasteiger partial charge in [0.2, 0.25) is 5.91 Å². The van der Waals surface area contributed by atoms with Crippen LogP contribution in [0.25, 0.3) is 10.8 Å². The van der Waals surface area contributed by atoms with E-state index in [9.17, 15) is 14.7 Å². The summed E-state index contributed by atoms with van der Waals surface area (Å²) >= 11 is 0. The van der Waals surface area contributed by atoms with Crippen LogP contribution in [-0.4, -0.2) is 23.0 Å². The Bertz CT molecular complexity index is 789. The highest BCUT2D eigenvalue weighted by molar-refractivity contribution is 5.96. The molecule has 1 aliphatic rings. The Hall–Kier alpha value is -2.62. The first-order valence-electron chi connectivity index (χ1n) is 8.34. The van der Waals surface area contributed by atoms with E-state index in [2.05, 4.69) is 5.32 Å². The second kappa shape index (κ2) is 7.30. The highest BCUT2D eigenvalue weighted by atomic mass is 16.4. The second-order valence-corrected chi connectivity index (χ2v) is 6.18. The average molecular weight is 323 g/mol. The van der Waals surface area contributed by atoms with Crippen molar-refractivity contribution in [1.82, 2.24) is 5.32 Å². The minimum Gasteiger partial charge on any atom is -0.480 e. The normalized spacial score (nSPS) is 15.6. The van der Waals surface area contributed by atoms with Crippen LogP contribution in [0.5, 0.6) is 0 Å². The third kappa shape index (κ3) is 3.65. The summed E-state index contributed by atoms with van der Waals surface area (Å²) in [4.78, 5) is 23.9. The maximum absolute atomic E-state index is 12.3. The fourth-order valence-corrected chi connectivity index (χ4v) is 3.19. The number of rotatable bonds is 5. The van der Waals surface area contributed by atoms with E-state index in [4.69, 9.17) is 0 Å². The van der Waals surface area contributed by atoms with Crippen LogP contribution in [-0.2, 0) is 16.0 Å². The van der Waals surface area contributed by atoms with Crippen molar-refractivity contribution in [1.29, 1.82) is 0 Å². The standard InChI is InChI=1S/C20H21NO3/c22-19(15-8-2-1-3-9-15)21-18(20(23)24)13-16-11-6-10-14-7-4-5-12-17(14)16/h4-8,10-12,18H,1-3,9,13H2,(H,21,22)(H,23,24). The highest BCUT2D eigenvalue weighted by Gasteiger charge is 2.23. The number of aliphatic carboxylic acids is 1. The van der Waals surface area contributed by atoms with E-state index in [1.54, 1.807) is 0 Å². The van der Waals surface area contributed by atoms with Crippen molar-refractivity contribution in [2.24, 2.45) is 0 Å². The molecule has 0 bridgehead atoms. The van der Waals surface area contributed by atoms with Gasteiger partial charge in [0.15, 0.2) is 0 Å². The summed E-state index contributed by atoms with van der Waals surface area (Å²) in [6, 6.07) is 12.8. The van der Waals surface area contributed by atoms with Crippen LogP contribution in [0.3, 0.4) is 0 Å². The molecule has 0 aromatic heterocycles. The van der Waals surface area contributed by atoms with Gasteiger partial charge in [-0.15, -0.1) is 0 Å². The SMILES string of the molecule is O=C(NC(Cc1cccc2ccccc12)C(=O)O)C1=CCCCC1. The zero-order chi connectivity index (χ0) is 16.9. The molecule has 1 amide bonds. The lowest BCUT2D eigenvalue weighted by atomic mass is 9.97. The first kappa shape index (κ1) is 16.2. The number of fused-ring (bicyclic) bond motifs is 1. The molecule has 1 unspecified atom stereocenters. The van der Waals surface area contributed by atoms with Crippen LogP contribution in [0.1, 0.15) is 31.2 Å². The van der Waals surface area contributed by atoms with Crippen molar-refractivity contribution >= 4 is 22.6 Å². The van der Waals surface area contributed by atoms with Gasteiger partial charge in [0, 0.05) is 12.0 Å². The zero-order valence-electron chi connectivity index (χ0n) is 13.5. The number of hydrogen-bond donors (Lipinski definition) is 2. The number of hydrogen-bond acceptors (Lipinski definition) is 2. The van der Waals surface area contributed by atoms with Gasteiger partial charge in [-0.3, -0.25) is 4.79 Å². The molecule has 124 valence electrons. The number of carbonyl (C=O) groups excluding carboxylic acids is 1. The quantitative estimate of drug-likeness (QED) is 0.885. The van der Waals surface area contributed by atoms with Crippen molar-refractivity contribution in [3.05, 3.63) is 59.7 Å². The molecule has 4 nitrogen and oxygen atoms in total. The first-order chi connectivity index (χ1) is 11.6. The van der Waals surface area contributed by atoms with E-state index in [-0.39, 0.29) is 12.3 Å².